The van der Waals surface area contributed by atoms with Crippen LogP contribution in [-0.2, 0) is 6.54 Å². The van der Waals surface area contributed by atoms with Crippen LogP contribution in [-0.4, -0.2) is 17.7 Å². The molecule has 2 heterocycles. The summed E-state index contributed by atoms with van der Waals surface area (Å²) in [5.41, 5.74) is 2.90. The molecule has 1 aromatic carbocycles. The third kappa shape index (κ3) is 1.87. The molecule has 0 amide bonds. The summed E-state index contributed by atoms with van der Waals surface area (Å²) in [5.74, 6) is 0.691. The molecular weight excluding hydrogens is 208 g/mol. The second kappa shape index (κ2) is 4.53. The molecule has 1 aliphatic heterocycles. The van der Waals surface area contributed by atoms with E-state index in [1.807, 2.05) is 0 Å². The lowest BCUT2D eigenvalue weighted by atomic mass is 9.96. The van der Waals surface area contributed by atoms with Crippen molar-refractivity contribution in [3.63, 3.8) is 0 Å². The number of hydrogen-bond acceptors (Lipinski definition) is 1. The summed E-state index contributed by atoms with van der Waals surface area (Å²) >= 11 is 0. The molecule has 0 bridgehead atoms. The molecule has 0 radical (unpaired) electrons. The monoisotopic (exact) mass is 228 g/mol. The van der Waals surface area contributed by atoms with E-state index in [2.05, 4.69) is 47.1 Å². The van der Waals surface area contributed by atoms with E-state index in [1.54, 1.807) is 0 Å². The number of aryl methyl sites for hydroxylation is 1. The van der Waals surface area contributed by atoms with Crippen LogP contribution in [0.5, 0.6) is 0 Å². The summed E-state index contributed by atoms with van der Waals surface area (Å²) in [7, 11) is 0. The molecule has 1 aliphatic rings. The quantitative estimate of drug-likeness (QED) is 0.835. The smallest absolute Gasteiger partial charge is 0.0482 e. The fourth-order valence-corrected chi connectivity index (χ4v) is 3.03. The van der Waals surface area contributed by atoms with Crippen LogP contribution in [0.1, 0.15) is 31.4 Å². The summed E-state index contributed by atoms with van der Waals surface area (Å²) in [6, 6.07) is 11.1. The first-order valence-corrected chi connectivity index (χ1v) is 6.69. The fraction of sp³-hybridized carbons (Fsp3) is 0.467. The lowest BCUT2D eigenvalue weighted by Crippen LogP contribution is -2.29. The van der Waals surface area contributed by atoms with Gasteiger partial charge >= 0.3 is 0 Å². The Morgan fingerprint density at radius 3 is 3.00 bits per heavy atom. The van der Waals surface area contributed by atoms with E-state index in [0.29, 0.717) is 5.92 Å². The topological polar surface area (TPSA) is 17.0 Å². The molecule has 1 aromatic heterocycles. The lowest BCUT2D eigenvalue weighted by molar-refractivity contribution is 0.444. The number of para-hydroxylation sites is 1. The maximum Gasteiger partial charge on any atom is 0.0482 e. The van der Waals surface area contributed by atoms with Gasteiger partial charge in [0.1, 0.15) is 0 Å². The van der Waals surface area contributed by atoms with Crippen molar-refractivity contribution in [1.82, 2.24) is 9.88 Å². The van der Waals surface area contributed by atoms with Gasteiger partial charge in [-0.1, -0.05) is 18.2 Å². The van der Waals surface area contributed by atoms with Gasteiger partial charge in [0.2, 0.25) is 0 Å². The molecule has 2 nitrogen and oxygen atoms in total. The maximum atomic E-state index is 3.52. The van der Waals surface area contributed by atoms with Crippen LogP contribution < -0.4 is 5.32 Å². The van der Waals surface area contributed by atoms with Crippen molar-refractivity contribution in [2.24, 2.45) is 0 Å². The normalized spacial score (nSPS) is 20.9. The van der Waals surface area contributed by atoms with Crippen LogP contribution in [0.25, 0.3) is 10.9 Å². The number of fused-ring (bicyclic) bond motifs is 1. The molecule has 2 heteroatoms. The van der Waals surface area contributed by atoms with Crippen LogP contribution in [0, 0.1) is 0 Å². The highest BCUT2D eigenvalue weighted by atomic mass is 15.0. The average molecular weight is 228 g/mol. The molecule has 3 rings (SSSR count). The predicted octanol–water partition coefficient (Wildman–Crippen LogP) is 3.13. The minimum Gasteiger partial charge on any atom is -0.345 e. The van der Waals surface area contributed by atoms with Gasteiger partial charge in [-0.2, -0.15) is 0 Å². The van der Waals surface area contributed by atoms with Crippen molar-refractivity contribution < 1.29 is 0 Å². The van der Waals surface area contributed by atoms with Crippen LogP contribution >= 0.6 is 0 Å². The number of aromatic nitrogens is 1. The molecule has 1 saturated heterocycles. The van der Waals surface area contributed by atoms with E-state index in [9.17, 15) is 0 Å². The highest BCUT2D eigenvalue weighted by molar-refractivity contribution is 5.81. The molecule has 0 aliphatic carbocycles. The van der Waals surface area contributed by atoms with Crippen LogP contribution in [0.4, 0.5) is 0 Å². The number of rotatable bonds is 2. The Hall–Kier alpha value is -1.28. The molecule has 0 unspecified atom stereocenters. The molecule has 90 valence electrons. The number of nitrogens with one attached hydrogen (secondary N) is 1. The number of piperidine rings is 1. The highest BCUT2D eigenvalue weighted by Crippen LogP contribution is 2.29. The van der Waals surface area contributed by atoms with Crippen molar-refractivity contribution in [1.29, 1.82) is 0 Å². The van der Waals surface area contributed by atoms with E-state index in [4.69, 9.17) is 0 Å². The Balaban J connectivity index is 2.08. The van der Waals surface area contributed by atoms with Crippen molar-refractivity contribution in [2.45, 2.75) is 32.2 Å². The maximum absolute atomic E-state index is 3.52. The van der Waals surface area contributed by atoms with Gasteiger partial charge in [-0.15, -0.1) is 0 Å². The minimum atomic E-state index is 0.691. The zero-order valence-corrected chi connectivity index (χ0v) is 10.4. The SMILES string of the molecule is CCn1c([C@@H]2CCCNC2)cc2ccccc21. The second-order valence-electron chi connectivity index (χ2n) is 4.92. The third-order valence-electron chi connectivity index (χ3n) is 3.87. The standard InChI is InChI=1S/C15H20N2/c1-2-17-14-8-4-3-6-12(14)10-15(17)13-7-5-9-16-11-13/h3-4,6,8,10,13,16H,2,5,7,9,11H2,1H3/t13-/m1/s1. The number of nitrogens with zero attached hydrogens (tertiary/aromatic N) is 1. The van der Waals surface area contributed by atoms with Gasteiger partial charge < -0.3 is 9.88 Å². The van der Waals surface area contributed by atoms with E-state index in [1.165, 1.54) is 36.0 Å². The molecule has 1 atom stereocenters. The van der Waals surface area contributed by atoms with Crippen LogP contribution in [0.15, 0.2) is 30.3 Å². The molecule has 1 N–H and O–H groups in total. The van der Waals surface area contributed by atoms with Gasteiger partial charge in [0.15, 0.2) is 0 Å². The number of hydrogen-bond donors (Lipinski definition) is 1. The van der Waals surface area contributed by atoms with E-state index in [-0.39, 0.29) is 0 Å². The Bertz CT molecular complexity index is 507. The fourth-order valence-electron chi connectivity index (χ4n) is 3.03. The number of benzene rings is 1. The van der Waals surface area contributed by atoms with Gasteiger partial charge in [-0.3, -0.25) is 0 Å². The predicted molar refractivity (Wildman–Crippen MR) is 72.5 cm³/mol. The van der Waals surface area contributed by atoms with Gasteiger partial charge in [0.05, 0.1) is 0 Å². The van der Waals surface area contributed by atoms with Gasteiger partial charge in [0, 0.05) is 30.2 Å². The highest BCUT2D eigenvalue weighted by Gasteiger charge is 2.19. The first-order chi connectivity index (χ1) is 8.40. The van der Waals surface area contributed by atoms with Crippen molar-refractivity contribution in [3.05, 3.63) is 36.0 Å². The van der Waals surface area contributed by atoms with Crippen molar-refractivity contribution in [2.75, 3.05) is 13.1 Å². The van der Waals surface area contributed by atoms with Gasteiger partial charge in [0.25, 0.3) is 0 Å². The molecular formula is C15H20N2. The summed E-state index contributed by atoms with van der Waals surface area (Å²) in [6.07, 6.45) is 2.62. The lowest BCUT2D eigenvalue weighted by Gasteiger charge is -2.24. The Kier molecular flexibility index (Phi) is 2.89. The summed E-state index contributed by atoms with van der Waals surface area (Å²) < 4.78 is 2.48. The summed E-state index contributed by atoms with van der Waals surface area (Å²) in [6.45, 7) is 5.63. The molecule has 17 heavy (non-hydrogen) atoms. The van der Waals surface area contributed by atoms with Crippen LogP contribution in [0.3, 0.4) is 0 Å². The van der Waals surface area contributed by atoms with Crippen molar-refractivity contribution in [3.8, 4) is 0 Å². The Morgan fingerprint density at radius 1 is 1.35 bits per heavy atom. The molecule has 0 saturated carbocycles. The molecule has 2 aromatic rings. The summed E-state index contributed by atoms with van der Waals surface area (Å²) in [5, 5.41) is 4.90. The third-order valence-corrected chi connectivity index (χ3v) is 3.87. The Morgan fingerprint density at radius 2 is 2.24 bits per heavy atom. The first kappa shape index (κ1) is 10.8. The van der Waals surface area contributed by atoms with Crippen molar-refractivity contribution >= 4 is 10.9 Å². The Labute approximate surface area is 103 Å². The van der Waals surface area contributed by atoms with Gasteiger partial charge in [-0.25, -0.2) is 0 Å². The van der Waals surface area contributed by atoms with E-state index < -0.39 is 0 Å². The molecule has 1 fully saturated rings. The zero-order chi connectivity index (χ0) is 11.7. The second-order valence-corrected chi connectivity index (χ2v) is 4.92. The zero-order valence-electron chi connectivity index (χ0n) is 10.4. The van der Waals surface area contributed by atoms with E-state index >= 15 is 0 Å². The minimum absolute atomic E-state index is 0.691. The largest absolute Gasteiger partial charge is 0.345 e. The van der Waals surface area contributed by atoms with Crippen LogP contribution in [0.2, 0.25) is 0 Å². The first-order valence-electron chi connectivity index (χ1n) is 6.69. The summed E-state index contributed by atoms with van der Waals surface area (Å²) in [4.78, 5) is 0. The molecule has 0 spiro atoms. The van der Waals surface area contributed by atoms with Gasteiger partial charge in [-0.05, 0) is 43.8 Å². The van der Waals surface area contributed by atoms with E-state index in [0.717, 1.165) is 13.1 Å². The average Bonchev–Trinajstić information content (AvgIpc) is 2.78.